The highest BCUT2D eigenvalue weighted by Crippen LogP contribution is 2.32. The first-order valence-corrected chi connectivity index (χ1v) is 7.18. The third-order valence-corrected chi connectivity index (χ3v) is 4.15. The first kappa shape index (κ1) is 12.3. The molecular formula is C15H21N3O. The lowest BCUT2D eigenvalue weighted by atomic mass is 9.97. The number of nitrogens with zero attached hydrogens (tertiary/aromatic N) is 1. The Hall–Kier alpha value is -1.71. The van der Waals surface area contributed by atoms with Crippen LogP contribution in [0.2, 0.25) is 0 Å². The molecule has 0 aliphatic carbocycles. The molecule has 1 fully saturated rings. The summed E-state index contributed by atoms with van der Waals surface area (Å²) in [6, 6.07) is 6.05. The lowest BCUT2D eigenvalue weighted by Gasteiger charge is -2.36. The van der Waals surface area contributed by atoms with Gasteiger partial charge in [-0.15, -0.1) is 0 Å². The summed E-state index contributed by atoms with van der Waals surface area (Å²) in [7, 11) is 0. The topological polar surface area (TPSA) is 58.4 Å². The predicted octanol–water partition coefficient (Wildman–Crippen LogP) is 1.69. The third kappa shape index (κ3) is 2.39. The van der Waals surface area contributed by atoms with Gasteiger partial charge in [0.15, 0.2) is 0 Å². The average molecular weight is 259 g/mol. The van der Waals surface area contributed by atoms with Crippen LogP contribution in [0.1, 0.15) is 31.2 Å². The maximum absolute atomic E-state index is 12.2. The first-order valence-electron chi connectivity index (χ1n) is 7.18. The van der Waals surface area contributed by atoms with Crippen LogP contribution in [0.15, 0.2) is 18.2 Å². The molecule has 3 N–H and O–H groups in total. The molecule has 0 aromatic heterocycles. The number of fused-ring (bicyclic) bond motifs is 1. The summed E-state index contributed by atoms with van der Waals surface area (Å²) in [6.07, 6.45) is 5.33. The summed E-state index contributed by atoms with van der Waals surface area (Å²) in [4.78, 5) is 14.5. The number of aryl methyl sites for hydroxylation is 1. The quantitative estimate of drug-likeness (QED) is 0.755. The van der Waals surface area contributed by atoms with Gasteiger partial charge in [-0.2, -0.15) is 0 Å². The summed E-state index contributed by atoms with van der Waals surface area (Å²) in [5.41, 5.74) is 9.17. The van der Waals surface area contributed by atoms with Crippen molar-refractivity contribution in [2.24, 2.45) is 0 Å². The van der Waals surface area contributed by atoms with Crippen LogP contribution in [-0.2, 0) is 11.2 Å². The Labute approximate surface area is 114 Å². The SMILES string of the molecule is Nc1ccc2c(c1)N(C1CCCCNC1=O)CCC2. The molecule has 2 aliphatic rings. The number of anilines is 2. The zero-order valence-electron chi connectivity index (χ0n) is 11.2. The molecule has 19 heavy (non-hydrogen) atoms. The van der Waals surface area contributed by atoms with Crippen molar-refractivity contribution < 1.29 is 4.79 Å². The van der Waals surface area contributed by atoms with E-state index in [0.717, 1.165) is 56.6 Å². The number of nitrogen functional groups attached to an aromatic ring is 1. The molecule has 3 rings (SSSR count). The molecule has 1 aromatic carbocycles. The van der Waals surface area contributed by atoms with Gasteiger partial charge in [-0.3, -0.25) is 4.79 Å². The second-order valence-electron chi connectivity index (χ2n) is 5.49. The summed E-state index contributed by atoms with van der Waals surface area (Å²) < 4.78 is 0. The van der Waals surface area contributed by atoms with E-state index in [9.17, 15) is 4.79 Å². The fourth-order valence-corrected chi connectivity index (χ4v) is 3.16. The molecule has 0 saturated carbocycles. The highest BCUT2D eigenvalue weighted by atomic mass is 16.2. The third-order valence-electron chi connectivity index (χ3n) is 4.15. The highest BCUT2D eigenvalue weighted by Gasteiger charge is 2.30. The molecule has 2 heterocycles. The fourth-order valence-electron chi connectivity index (χ4n) is 3.16. The first-order chi connectivity index (χ1) is 9.25. The minimum Gasteiger partial charge on any atom is -0.399 e. The standard InChI is InChI=1S/C15H21N3O/c16-12-7-6-11-4-3-9-18(14(11)10-12)13-5-1-2-8-17-15(13)19/h6-7,10,13H,1-5,8-9,16H2,(H,17,19). The minimum absolute atomic E-state index is 0.0247. The van der Waals surface area contributed by atoms with Crippen molar-refractivity contribution >= 4 is 17.3 Å². The number of benzene rings is 1. The summed E-state index contributed by atoms with van der Waals surface area (Å²) in [5.74, 6) is 0.174. The van der Waals surface area contributed by atoms with E-state index >= 15 is 0 Å². The van der Waals surface area contributed by atoms with Crippen molar-refractivity contribution in [3.05, 3.63) is 23.8 Å². The second kappa shape index (κ2) is 5.11. The van der Waals surface area contributed by atoms with Gasteiger partial charge in [0.1, 0.15) is 6.04 Å². The van der Waals surface area contributed by atoms with Crippen LogP contribution < -0.4 is 16.0 Å². The van der Waals surface area contributed by atoms with Crippen LogP contribution >= 0.6 is 0 Å². The highest BCUT2D eigenvalue weighted by molar-refractivity contribution is 5.86. The number of amides is 1. The molecule has 0 radical (unpaired) electrons. The van der Waals surface area contributed by atoms with Gasteiger partial charge in [-0.25, -0.2) is 0 Å². The number of carbonyl (C=O) groups is 1. The molecule has 102 valence electrons. The number of nitrogens with one attached hydrogen (secondary N) is 1. The normalized spacial score (nSPS) is 23.5. The molecule has 1 unspecified atom stereocenters. The Morgan fingerprint density at radius 3 is 3.05 bits per heavy atom. The Balaban J connectivity index is 1.93. The van der Waals surface area contributed by atoms with E-state index in [0.29, 0.717) is 0 Å². The van der Waals surface area contributed by atoms with Crippen LogP contribution in [0.5, 0.6) is 0 Å². The van der Waals surface area contributed by atoms with Crippen molar-refractivity contribution in [1.29, 1.82) is 0 Å². The number of nitrogens with two attached hydrogens (primary N) is 1. The molecule has 0 bridgehead atoms. The molecule has 4 heteroatoms. The van der Waals surface area contributed by atoms with Gasteiger partial charge in [-0.1, -0.05) is 6.07 Å². The van der Waals surface area contributed by atoms with Gasteiger partial charge in [0.25, 0.3) is 0 Å². The Morgan fingerprint density at radius 2 is 2.16 bits per heavy atom. The van der Waals surface area contributed by atoms with Gasteiger partial charge >= 0.3 is 0 Å². The summed E-state index contributed by atoms with van der Waals surface area (Å²) in [6.45, 7) is 1.77. The zero-order chi connectivity index (χ0) is 13.2. The zero-order valence-corrected chi connectivity index (χ0v) is 11.2. The summed E-state index contributed by atoms with van der Waals surface area (Å²) in [5, 5.41) is 3.03. The smallest absolute Gasteiger partial charge is 0.242 e. The van der Waals surface area contributed by atoms with Crippen LogP contribution in [0.3, 0.4) is 0 Å². The lowest BCUT2D eigenvalue weighted by Crippen LogP contribution is -2.48. The molecule has 1 atom stereocenters. The van der Waals surface area contributed by atoms with E-state index in [1.165, 1.54) is 5.56 Å². The molecule has 0 spiro atoms. The van der Waals surface area contributed by atoms with Crippen LogP contribution in [0.4, 0.5) is 11.4 Å². The summed E-state index contributed by atoms with van der Waals surface area (Å²) >= 11 is 0. The van der Waals surface area contributed by atoms with Crippen molar-refractivity contribution in [2.45, 2.75) is 38.1 Å². The van der Waals surface area contributed by atoms with E-state index in [1.807, 2.05) is 12.1 Å². The Bertz CT molecular complexity index is 486. The largest absolute Gasteiger partial charge is 0.399 e. The van der Waals surface area contributed by atoms with E-state index in [2.05, 4.69) is 16.3 Å². The number of hydrogen-bond acceptors (Lipinski definition) is 3. The number of carbonyl (C=O) groups excluding carboxylic acids is 1. The molecule has 1 aromatic rings. The number of rotatable bonds is 1. The molecule has 1 saturated heterocycles. The van der Waals surface area contributed by atoms with Gasteiger partial charge in [0.2, 0.25) is 5.91 Å². The molecule has 2 aliphatic heterocycles. The molecular weight excluding hydrogens is 238 g/mol. The van der Waals surface area contributed by atoms with Crippen LogP contribution in [0.25, 0.3) is 0 Å². The maximum Gasteiger partial charge on any atom is 0.242 e. The molecule has 4 nitrogen and oxygen atoms in total. The minimum atomic E-state index is -0.0247. The Morgan fingerprint density at radius 1 is 1.26 bits per heavy atom. The van der Waals surface area contributed by atoms with E-state index in [-0.39, 0.29) is 11.9 Å². The van der Waals surface area contributed by atoms with E-state index < -0.39 is 0 Å². The predicted molar refractivity (Wildman–Crippen MR) is 77.2 cm³/mol. The van der Waals surface area contributed by atoms with Gasteiger partial charge < -0.3 is 16.0 Å². The average Bonchev–Trinajstić information content (AvgIpc) is 2.63. The Kier molecular flexibility index (Phi) is 3.32. The number of hydrogen-bond donors (Lipinski definition) is 2. The van der Waals surface area contributed by atoms with Crippen molar-refractivity contribution in [2.75, 3.05) is 23.7 Å². The van der Waals surface area contributed by atoms with Gasteiger partial charge in [0.05, 0.1) is 0 Å². The fraction of sp³-hybridized carbons (Fsp3) is 0.533. The van der Waals surface area contributed by atoms with Gasteiger partial charge in [0, 0.05) is 24.5 Å². The molecule has 1 amide bonds. The lowest BCUT2D eigenvalue weighted by molar-refractivity contribution is -0.122. The second-order valence-corrected chi connectivity index (χ2v) is 5.49. The van der Waals surface area contributed by atoms with E-state index in [1.54, 1.807) is 0 Å². The van der Waals surface area contributed by atoms with Gasteiger partial charge in [-0.05, 0) is 49.8 Å². The maximum atomic E-state index is 12.2. The van der Waals surface area contributed by atoms with Crippen LogP contribution in [-0.4, -0.2) is 25.0 Å². The van der Waals surface area contributed by atoms with Crippen LogP contribution in [0, 0.1) is 0 Å². The monoisotopic (exact) mass is 259 g/mol. The van der Waals surface area contributed by atoms with Crippen molar-refractivity contribution in [1.82, 2.24) is 5.32 Å². The van der Waals surface area contributed by atoms with E-state index in [4.69, 9.17) is 5.73 Å². The van der Waals surface area contributed by atoms with Crippen molar-refractivity contribution in [3.8, 4) is 0 Å². The van der Waals surface area contributed by atoms with Crippen molar-refractivity contribution in [3.63, 3.8) is 0 Å².